The molecule has 1 heterocycles. The van der Waals surface area contributed by atoms with E-state index in [1.807, 2.05) is 0 Å². The van der Waals surface area contributed by atoms with Gasteiger partial charge in [-0.3, -0.25) is 4.79 Å². The van der Waals surface area contributed by atoms with Crippen molar-refractivity contribution in [3.8, 4) is 0 Å². The zero-order valence-electron chi connectivity index (χ0n) is 13.6. The Balaban J connectivity index is 2.33. The number of alkyl halides is 1. The van der Waals surface area contributed by atoms with Gasteiger partial charge >= 0.3 is 5.97 Å². The quantitative estimate of drug-likeness (QED) is 0.701. The van der Waals surface area contributed by atoms with E-state index in [4.69, 9.17) is 0 Å². The van der Waals surface area contributed by atoms with Crippen LogP contribution in [0, 0.1) is 0 Å². The molecule has 0 saturated carbocycles. The lowest BCUT2D eigenvalue weighted by Gasteiger charge is -2.49. The molecule has 1 aromatic carbocycles. The minimum Gasteiger partial charge on any atom is -0.481 e. The largest absolute Gasteiger partial charge is 0.481 e. The topological polar surface area (TPSA) is 86.7 Å². The van der Waals surface area contributed by atoms with E-state index in [0.717, 1.165) is 0 Å². The summed E-state index contributed by atoms with van der Waals surface area (Å²) in [5.74, 6) is -1.05. The molecule has 0 aromatic heterocycles. The Morgan fingerprint density at radius 3 is 2.46 bits per heavy atom. The van der Waals surface area contributed by atoms with Crippen LogP contribution in [-0.4, -0.2) is 55.1 Å². The van der Waals surface area contributed by atoms with Gasteiger partial charge in [0.15, 0.2) is 0 Å². The maximum atomic E-state index is 13.1. The van der Waals surface area contributed by atoms with Crippen LogP contribution in [0.3, 0.4) is 0 Å². The van der Waals surface area contributed by atoms with Gasteiger partial charge in [-0.25, -0.2) is 12.8 Å². The lowest BCUT2D eigenvalue weighted by atomic mass is 9.88. The van der Waals surface area contributed by atoms with Crippen LogP contribution < -0.4 is 5.32 Å². The van der Waals surface area contributed by atoms with Gasteiger partial charge in [0.05, 0.1) is 23.0 Å². The lowest BCUT2D eigenvalue weighted by molar-refractivity contribution is -0.140. The second kappa shape index (κ2) is 7.58. The summed E-state index contributed by atoms with van der Waals surface area (Å²) in [5.41, 5.74) is -1.000. The van der Waals surface area contributed by atoms with E-state index in [2.05, 4.69) is 5.32 Å². The number of carboxylic acid groups (broad SMARTS) is 1. The number of nitrogens with one attached hydrogen (secondary N) is 1. The van der Waals surface area contributed by atoms with Crippen LogP contribution in [0.4, 0.5) is 4.39 Å². The van der Waals surface area contributed by atoms with E-state index in [9.17, 15) is 22.7 Å². The van der Waals surface area contributed by atoms with Gasteiger partial charge in [0, 0.05) is 19.6 Å². The molecule has 6 nitrogen and oxygen atoms in total. The van der Waals surface area contributed by atoms with Crippen molar-refractivity contribution in [2.45, 2.75) is 42.8 Å². The number of carboxylic acids is 1. The fraction of sp³-hybridized carbons (Fsp3) is 0.562. The summed E-state index contributed by atoms with van der Waals surface area (Å²) >= 11 is 0. The van der Waals surface area contributed by atoms with E-state index in [1.165, 1.54) is 23.4 Å². The van der Waals surface area contributed by atoms with Crippen LogP contribution in [0.1, 0.15) is 26.2 Å². The van der Waals surface area contributed by atoms with Gasteiger partial charge in [0.2, 0.25) is 10.0 Å². The summed E-state index contributed by atoms with van der Waals surface area (Å²) in [6.07, 6.45) is -0.735. The number of carbonyl (C=O) groups is 1. The summed E-state index contributed by atoms with van der Waals surface area (Å²) in [6, 6.07) is 7.93. The minimum atomic E-state index is -3.86. The second-order valence-electron chi connectivity index (χ2n) is 6.21. The SMILES string of the molecule is CC(F)CCCN(C1(CC(=O)O)CNC1)S(=O)(=O)c1ccccc1. The predicted octanol–water partition coefficient (Wildman–Crippen LogP) is 1.63. The maximum absolute atomic E-state index is 13.1. The predicted molar refractivity (Wildman–Crippen MR) is 88.0 cm³/mol. The number of hydrogen-bond donors (Lipinski definition) is 2. The highest BCUT2D eigenvalue weighted by Crippen LogP contribution is 2.31. The number of benzene rings is 1. The van der Waals surface area contributed by atoms with Gasteiger partial charge < -0.3 is 10.4 Å². The molecule has 1 aromatic rings. The Morgan fingerprint density at radius 2 is 2.00 bits per heavy atom. The molecule has 1 atom stereocenters. The zero-order valence-corrected chi connectivity index (χ0v) is 14.4. The Morgan fingerprint density at radius 1 is 1.38 bits per heavy atom. The molecule has 1 aliphatic rings. The van der Waals surface area contributed by atoms with Crippen molar-refractivity contribution < 1.29 is 22.7 Å². The number of sulfonamides is 1. The van der Waals surface area contributed by atoms with Crippen molar-refractivity contribution in [1.29, 1.82) is 0 Å². The molecule has 0 radical (unpaired) electrons. The summed E-state index contributed by atoms with van der Waals surface area (Å²) in [5, 5.41) is 12.2. The highest BCUT2D eigenvalue weighted by atomic mass is 32.2. The zero-order chi connectivity index (χ0) is 17.8. The van der Waals surface area contributed by atoms with Crippen molar-refractivity contribution >= 4 is 16.0 Å². The second-order valence-corrected chi connectivity index (χ2v) is 8.07. The van der Waals surface area contributed by atoms with Gasteiger partial charge in [-0.15, -0.1) is 0 Å². The van der Waals surface area contributed by atoms with Crippen molar-refractivity contribution in [2.75, 3.05) is 19.6 Å². The molecular weight excluding hydrogens is 335 g/mol. The Kier molecular flexibility index (Phi) is 5.95. The Hall–Kier alpha value is -1.51. The van der Waals surface area contributed by atoms with Crippen LogP contribution in [0.2, 0.25) is 0 Å². The first-order chi connectivity index (χ1) is 11.3. The van der Waals surface area contributed by atoms with Crippen LogP contribution in [-0.2, 0) is 14.8 Å². The lowest BCUT2D eigenvalue weighted by Crippen LogP contribution is -2.70. The third kappa shape index (κ3) is 4.12. The molecule has 134 valence electrons. The van der Waals surface area contributed by atoms with Gasteiger partial charge in [0.25, 0.3) is 0 Å². The average molecular weight is 358 g/mol. The highest BCUT2D eigenvalue weighted by molar-refractivity contribution is 7.89. The fourth-order valence-electron chi connectivity index (χ4n) is 2.93. The molecule has 1 aliphatic heterocycles. The third-order valence-corrected chi connectivity index (χ3v) is 6.23. The first-order valence-corrected chi connectivity index (χ1v) is 9.36. The molecule has 8 heteroatoms. The van der Waals surface area contributed by atoms with Crippen LogP contribution in [0.25, 0.3) is 0 Å². The van der Waals surface area contributed by atoms with E-state index in [-0.39, 0.29) is 37.4 Å². The normalized spacial score (nSPS) is 18.1. The van der Waals surface area contributed by atoms with E-state index >= 15 is 0 Å². The third-order valence-electron chi connectivity index (χ3n) is 4.21. The van der Waals surface area contributed by atoms with Crippen LogP contribution >= 0.6 is 0 Å². The van der Waals surface area contributed by atoms with Crippen molar-refractivity contribution in [1.82, 2.24) is 9.62 Å². The van der Waals surface area contributed by atoms with E-state index in [0.29, 0.717) is 6.42 Å². The van der Waals surface area contributed by atoms with Crippen molar-refractivity contribution in [3.63, 3.8) is 0 Å². The molecule has 2 rings (SSSR count). The first-order valence-electron chi connectivity index (χ1n) is 7.92. The number of hydrogen-bond acceptors (Lipinski definition) is 4. The molecule has 1 saturated heterocycles. The molecule has 0 amide bonds. The average Bonchev–Trinajstić information content (AvgIpc) is 2.48. The molecule has 0 bridgehead atoms. The number of rotatable bonds is 9. The molecule has 1 fully saturated rings. The summed E-state index contributed by atoms with van der Waals surface area (Å²) in [4.78, 5) is 11.4. The number of halogens is 1. The van der Waals surface area contributed by atoms with Crippen molar-refractivity contribution in [2.24, 2.45) is 0 Å². The van der Waals surface area contributed by atoms with Gasteiger partial charge in [-0.05, 0) is 31.9 Å². The van der Waals surface area contributed by atoms with Crippen LogP contribution in [0.15, 0.2) is 35.2 Å². The summed E-state index contributed by atoms with van der Waals surface area (Å²) in [6.45, 7) is 2.07. The van der Waals surface area contributed by atoms with E-state index < -0.39 is 27.7 Å². The molecule has 24 heavy (non-hydrogen) atoms. The maximum Gasteiger partial charge on any atom is 0.305 e. The van der Waals surface area contributed by atoms with Gasteiger partial charge in [-0.1, -0.05) is 18.2 Å². The monoisotopic (exact) mass is 358 g/mol. The van der Waals surface area contributed by atoms with Crippen molar-refractivity contribution in [3.05, 3.63) is 30.3 Å². The number of aliphatic carboxylic acids is 1. The standard InChI is InChI=1S/C16H23FN2O4S/c1-13(17)6-5-9-19(16(10-15(20)21)11-18-12-16)24(22,23)14-7-3-2-4-8-14/h2-4,7-8,13,18H,5-6,9-12H2,1H3,(H,20,21). The molecular formula is C16H23FN2O4S. The minimum absolute atomic E-state index is 0.0977. The first kappa shape index (κ1) is 18.8. The fourth-order valence-corrected chi connectivity index (χ4v) is 4.76. The smallest absolute Gasteiger partial charge is 0.305 e. The molecule has 1 unspecified atom stereocenters. The van der Waals surface area contributed by atoms with Gasteiger partial charge in [-0.2, -0.15) is 4.31 Å². The van der Waals surface area contributed by atoms with Crippen LogP contribution in [0.5, 0.6) is 0 Å². The Labute approximate surface area is 141 Å². The molecule has 0 spiro atoms. The highest BCUT2D eigenvalue weighted by Gasteiger charge is 2.49. The molecule has 0 aliphatic carbocycles. The molecule has 2 N–H and O–H groups in total. The summed E-state index contributed by atoms with van der Waals surface area (Å²) < 4.78 is 40.4. The summed E-state index contributed by atoms with van der Waals surface area (Å²) in [7, 11) is -3.86. The van der Waals surface area contributed by atoms with E-state index in [1.54, 1.807) is 18.2 Å². The number of nitrogens with zero attached hydrogens (tertiary/aromatic N) is 1. The Bertz CT molecular complexity index is 660. The van der Waals surface area contributed by atoms with Gasteiger partial charge in [0.1, 0.15) is 0 Å².